The lowest BCUT2D eigenvalue weighted by atomic mass is 10.2. The Morgan fingerprint density at radius 2 is 1.67 bits per heavy atom. The third-order valence-corrected chi connectivity index (χ3v) is 4.44. The molecule has 0 unspecified atom stereocenters. The third kappa shape index (κ3) is 4.13. The van der Waals surface area contributed by atoms with Gasteiger partial charge in [0.15, 0.2) is 0 Å². The van der Waals surface area contributed by atoms with E-state index in [1.165, 1.54) is 30.7 Å². The summed E-state index contributed by atoms with van der Waals surface area (Å²) in [5, 5.41) is 5.97. The number of halogens is 2. The molecule has 1 aliphatic rings. The molecule has 0 bridgehead atoms. The largest absolute Gasteiger partial charge is 0.372 e. The topological polar surface area (TPSA) is 53.1 Å². The maximum Gasteiger partial charge on any atom is 0.229 e. The van der Waals surface area contributed by atoms with E-state index in [1.807, 2.05) is 12.1 Å². The minimum atomic E-state index is -0.700. The van der Waals surface area contributed by atoms with Crippen LogP contribution in [0.5, 0.6) is 0 Å². The average molecular weight is 367 g/mol. The highest BCUT2D eigenvalue weighted by Gasteiger charge is 2.12. The molecule has 1 aliphatic heterocycles. The monoisotopic (exact) mass is 367 g/mol. The number of anilines is 5. The van der Waals surface area contributed by atoms with Gasteiger partial charge < -0.3 is 15.5 Å². The van der Waals surface area contributed by atoms with E-state index in [9.17, 15) is 8.78 Å². The highest BCUT2D eigenvalue weighted by molar-refractivity contribution is 5.62. The average Bonchev–Trinajstić information content (AvgIpc) is 3.20. The van der Waals surface area contributed by atoms with Crippen LogP contribution in [-0.4, -0.2) is 23.1 Å². The van der Waals surface area contributed by atoms with Crippen molar-refractivity contribution >= 4 is 28.8 Å². The second-order valence-electron chi connectivity index (χ2n) is 6.38. The van der Waals surface area contributed by atoms with Gasteiger partial charge in [0.05, 0.1) is 5.69 Å². The molecule has 0 spiro atoms. The van der Waals surface area contributed by atoms with Gasteiger partial charge in [-0.2, -0.15) is 4.98 Å². The first kappa shape index (κ1) is 17.2. The van der Waals surface area contributed by atoms with Crippen LogP contribution in [0.1, 0.15) is 12.8 Å². The minimum Gasteiger partial charge on any atom is -0.372 e. The van der Waals surface area contributed by atoms with Crippen molar-refractivity contribution < 1.29 is 8.78 Å². The normalized spacial score (nSPS) is 13.6. The fourth-order valence-corrected chi connectivity index (χ4v) is 3.08. The summed E-state index contributed by atoms with van der Waals surface area (Å²) >= 11 is 0. The Hall–Kier alpha value is -3.22. The van der Waals surface area contributed by atoms with Crippen molar-refractivity contribution in [3.05, 3.63) is 66.4 Å². The third-order valence-electron chi connectivity index (χ3n) is 4.44. The number of nitrogens with one attached hydrogen (secondary N) is 2. The van der Waals surface area contributed by atoms with E-state index in [1.54, 1.807) is 12.3 Å². The van der Waals surface area contributed by atoms with Crippen LogP contribution < -0.4 is 15.5 Å². The zero-order valence-electron chi connectivity index (χ0n) is 14.6. The summed E-state index contributed by atoms with van der Waals surface area (Å²) in [4.78, 5) is 10.8. The lowest BCUT2D eigenvalue weighted by Gasteiger charge is -2.18. The molecule has 2 N–H and O–H groups in total. The molecule has 0 atom stereocenters. The van der Waals surface area contributed by atoms with Crippen LogP contribution >= 0.6 is 0 Å². The van der Waals surface area contributed by atoms with E-state index in [0.29, 0.717) is 5.82 Å². The maximum absolute atomic E-state index is 13.8. The molecule has 138 valence electrons. The lowest BCUT2D eigenvalue weighted by molar-refractivity contribution is 0.586. The van der Waals surface area contributed by atoms with Crippen LogP contribution in [0.2, 0.25) is 0 Å². The van der Waals surface area contributed by atoms with Crippen LogP contribution in [-0.2, 0) is 0 Å². The van der Waals surface area contributed by atoms with Gasteiger partial charge in [-0.15, -0.1) is 0 Å². The molecule has 5 nitrogen and oxygen atoms in total. The van der Waals surface area contributed by atoms with Crippen molar-refractivity contribution in [3.8, 4) is 0 Å². The van der Waals surface area contributed by atoms with Crippen molar-refractivity contribution in [2.24, 2.45) is 0 Å². The molecule has 0 radical (unpaired) electrons. The van der Waals surface area contributed by atoms with Crippen molar-refractivity contribution in [2.45, 2.75) is 12.8 Å². The van der Waals surface area contributed by atoms with Gasteiger partial charge in [0.1, 0.15) is 17.5 Å². The molecule has 0 amide bonds. The Kier molecular flexibility index (Phi) is 4.82. The fourth-order valence-electron chi connectivity index (χ4n) is 3.08. The number of benzene rings is 2. The number of hydrogen-bond acceptors (Lipinski definition) is 5. The van der Waals surface area contributed by atoms with Crippen LogP contribution in [0.3, 0.4) is 0 Å². The van der Waals surface area contributed by atoms with Gasteiger partial charge in [0.25, 0.3) is 0 Å². The summed E-state index contributed by atoms with van der Waals surface area (Å²) in [5.41, 5.74) is 2.23. The molecule has 1 saturated heterocycles. The summed E-state index contributed by atoms with van der Waals surface area (Å²) in [6, 6.07) is 13.2. The van der Waals surface area contributed by atoms with Crippen molar-refractivity contribution in [3.63, 3.8) is 0 Å². The lowest BCUT2D eigenvalue weighted by Crippen LogP contribution is -2.17. The molecular weight excluding hydrogens is 348 g/mol. The molecule has 0 saturated carbocycles. The molecule has 1 fully saturated rings. The molecule has 2 heterocycles. The number of aromatic nitrogens is 2. The predicted molar refractivity (Wildman–Crippen MR) is 103 cm³/mol. The Bertz CT molecular complexity index is 924. The van der Waals surface area contributed by atoms with Gasteiger partial charge in [0.2, 0.25) is 5.95 Å². The highest BCUT2D eigenvalue weighted by atomic mass is 19.1. The molecule has 3 aromatic rings. The standard InChI is InChI=1S/C20H19F2N5/c21-14-3-8-18(17(22)13-14)25-20-23-10-9-19(26-20)24-15-4-6-16(7-5-15)27-11-1-2-12-27/h3-10,13H,1-2,11-12H2,(H2,23,24,25,26). The highest BCUT2D eigenvalue weighted by Crippen LogP contribution is 2.24. The van der Waals surface area contributed by atoms with Crippen LogP contribution in [0.4, 0.5) is 37.6 Å². The Morgan fingerprint density at radius 1 is 0.889 bits per heavy atom. The zero-order chi connectivity index (χ0) is 18.6. The number of nitrogens with zero attached hydrogens (tertiary/aromatic N) is 3. The summed E-state index contributed by atoms with van der Waals surface area (Å²) in [6.07, 6.45) is 4.05. The van der Waals surface area contributed by atoms with E-state index < -0.39 is 11.6 Å². The zero-order valence-corrected chi connectivity index (χ0v) is 14.6. The SMILES string of the molecule is Fc1ccc(Nc2nccc(Nc3ccc(N4CCCC4)cc3)n2)c(F)c1. The van der Waals surface area contributed by atoms with E-state index in [4.69, 9.17) is 0 Å². The second-order valence-corrected chi connectivity index (χ2v) is 6.38. The van der Waals surface area contributed by atoms with Crippen molar-refractivity contribution in [2.75, 3.05) is 28.6 Å². The summed E-state index contributed by atoms with van der Waals surface area (Å²) in [6.45, 7) is 2.21. The van der Waals surface area contributed by atoms with Crippen molar-refractivity contribution in [1.29, 1.82) is 0 Å². The maximum atomic E-state index is 13.8. The van der Waals surface area contributed by atoms with Crippen molar-refractivity contribution in [1.82, 2.24) is 9.97 Å². The van der Waals surface area contributed by atoms with Gasteiger partial charge in [-0.25, -0.2) is 13.8 Å². The second kappa shape index (κ2) is 7.57. The van der Waals surface area contributed by atoms with E-state index in [0.717, 1.165) is 24.8 Å². The van der Waals surface area contributed by atoms with E-state index in [-0.39, 0.29) is 11.6 Å². The molecule has 1 aromatic heterocycles. The molecular formula is C20H19F2N5. The smallest absolute Gasteiger partial charge is 0.229 e. The molecule has 4 rings (SSSR count). The van der Waals surface area contributed by atoms with Gasteiger partial charge >= 0.3 is 0 Å². The molecule has 2 aromatic carbocycles. The van der Waals surface area contributed by atoms with Crippen LogP contribution in [0.25, 0.3) is 0 Å². The first-order valence-corrected chi connectivity index (χ1v) is 8.84. The van der Waals surface area contributed by atoms with Gasteiger partial charge in [-0.1, -0.05) is 0 Å². The minimum absolute atomic E-state index is 0.114. The molecule has 0 aliphatic carbocycles. The van der Waals surface area contributed by atoms with E-state index >= 15 is 0 Å². The first-order chi connectivity index (χ1) is 13.2. The fraction of sp³-hybridized carbons (Fsp3) is 0.200. The number of rotatable bonds is 5. The summed E-state index contributed by atoms with van der Waals surface area (Å²) in [5.74, 6) is -0.538. The summed E-state index contributed by atoms with van der Waals surface area (Å²) in [7, 11) is 0. The van der Waals surface area contributed by atoms with Gasteiger partial charge in [-0.05, 0) is 55.3 Å². The quantitative estimate of drug-likeness (QED) is 0.676. The number of hydrogen-bond donors (Lipinski definition) is 2. The molecule has 7 heteroatoms. The van der Waals surface area contributed by atoms with Crippen LogP contribution in [0.15, 0.2) is 54.7 Å². The van der Waals surface area contributed by atoms with Crippen LogP contribution in [0, 0.1) is 11.6 Å². The summed E-state index contributed by atoms with van der Waals surface area (Å²) < 4.78 is 26.8. The Labute approximate surface area is 156 Å². The van der Waals surface area contributed by atoms with Gasteiger partial charge in [-0.3, -0.25) is 0 Å². The Morgan fingerprint density at radius 3 is 2.41 bits per heavy atom. The van der Waals surface area contributed by atoms with Gasteiger partial charge in [0, 0.05) is 36.7 Å². The van der Waals surface area contributed by atoms with E-state index in [2.05, 4.69) is 37.6 Å². The Balaban J connectivity index is 1.46. The first-order valence-electron chi connectivity index (χ1n) is 8.84. The molecule has 27 heavy (non-hydrogen) atoms. The predicted octanol–water partition coefficient (Wildman–Crippen LogP) is 4.84.